The summed E-state index contributed by atoms with van der Waals surface area (Å²) in [5.41, 5.74) is 1.81. The van der Waals surface area contributed by atoms with Gasteiger partial charge in [0.05, 0.1) is 32.6 Å². The minimum absolute atomic E-state index is 0.369. The summed E-state index contributed by atoms with van der Waals surface area (Å²) in [5.74, 6) is 1.86. The second kappa shape index (κ2) is 8.72. The van der Waals surface area contributed by atoms with Gasteiger partial charge in [-0.15, -0.1) is 0 Å². The number of aromatic nitrogens is 2. The van der Waals surface area contributed by atoms with E-state index in [2.05, 4.69) is 20.6 Å². The van der Waals surface area contributed by atoms with E-state index in [4.69, 9.17) is 14.2 Å². The summed E-state index contributed by atoms with van der Waals surface area (Å²) in [6, 6.07) is 14.1. The molecule has 2 aromatic carbocycles. The van der Waals surface area contributed by atoms with Crippen LogP contribution in [0.4, 0.5) is 23.1 Å². The third-order valence-electron chi connectivity index (χ3n) is 3.86. The SMILES string of the molecule is COC(=O)c1cccc(Nc2nccc(Nc3cc(OC)ccc3OC)n2)c1. The Hall–Kier alpha value is -3.81. The number of nitrogens with zero attached hydrogens (tertiary/aromatic N) is 2. The molecule has 8 heteroatoms. The van der Waals surface area contributed by atoms with Gasteiger partial charge in [-0.2, -0.15) is 4.98 Å². The summed E-state index contributed by atoms with van der Waals surface area (Å²) in [7, 11) is 4.53. The van der Waals surface area contributed by atoms with Crippen LogP contribution in [0.15, 0.2) is 54.7 Å². The topological polar surface area (TPSA) is 94.6 Å². The zero-order chi connectivity index (χ0) is 19.9. The average molecular weight is 380 g/mol. The third-order valence-corrected chi connectivity index (χ3v) is 3.86. The summed E-state index contributed by atoms with van der Waals surface area (Å²) in [6.45, 7) is 0. The van der Waals surface area contributed by atoms with Crippen LogP contribution in [0.3, 0.4) is 0 Å². The first kappa shape index (κ1) is 19.0. The number of ether oxygens (including phenoxy) is 3. The summed E-state index contributed by atoms with van der Waals surface area (Å²) in [5, 5.41) is 6.27. The lowest BCUT2D eigenvalue weighted by Crippen LogP contribution is -2.04. The van der Waals surface area contributed by atoms with E-state index in [9.17, 15) is 4.79 Å². The fraction of sp³-hybridized carbons (Fsp3) is 0.150. The quantitative estimate of drug-likeness (QED) is 0.598. The molecule has 0 amide bonds. The lowest BCUT2D eigenvalue weighted by Gasteiger charge is -2.13. The molecule has 0 bridgehead atoms. The van der Waals surface area contributed by atoms with Crippen molar-refractivity contribution in [1.82, 2.24) is 9.97 Å². The number of esters is 1. The van der Waals surface area contributed by atoms with Crippen LogP contribution in [0.25, 0.3) is 0 Å². The van der Waals surface area contributed by atoms with Crippen LogP contribution < -0.4 is 20.1 Å². The highest BCUT2D eigenvalue weighted by Gasteiger charge is 2.09. The van der Waals surface area contributed by atoms with Crippen molar-refractivity contribution in [2.24, 2.45) is 0 Å². The van der Waals surface area contributed by atoms with Crippen LogP contribution in [0, 0.1) is 0 Å². The smallest absolute Gasteiger partial charge is 0.337 e. The molecular formula is C20H20N4O4. The number of hydrogen-bond acceptors (Lipinski definition) is 8. The van der Waals surface area contributed by atoms with Crippen LogP contribution in [0.5, 0.6) is 11.5 Å². The lowest BCUT2D eigenvalue weighted by molar-refractivity contribution is 0.0601. The van der Waals surface area contributed by atoms with Gasteiger partial charge in [0.2, 0.25) is 5.95 Å². The van der Waals surface area contributed by atoms with Crippen LogP contribution in [-0.2, 0) is 4.74 Å². The molecule has 0 unspecified atom stereocenters. The number of anilines is 4. The number of carbonyl (C=O) groups excluding carboxylic acids is 1. The lowest BCUT2D eigenvalue weighted by atomic mass is 10.2. The van der Waals surface area contributed by atoms with Crippen molar-refractivity contribution >= 4 is 29.1 Å². The number of carbonyl (C=O) groups is 1. The van der Waals surface area contributed by atoms with Gasteiger partial charge in [0.1, 0.15) is 17.3 Å². The van der Waals surface area contributed by atoms with Crippen molar-refractivity contribution in [3.8, 4) is 11.5 Å². The maximum Gasteiger partial charge on any atom is 0.337 e. The zero-order valence-electron chi connectivity index (χ0n) is 15.7. The standard InChI is InChI=1S/C20H20N4O4/c1-26-15-7-8-17(27-2)16(12-15)23-18-9-10-21-20(24-18)22-14-6-4-5-13(11-14)19(25)28-3/h4-12H,1-3H3,(H2,21,22,23,24). The Morgan fingerprint density at radius 3 is 2.57 bits per heavy atom. The fourth-order valence-corrected chi connectivity index (χ4v) is 2.51. The third kappa shape index (κ3) is 4.47. The normalized spacial score (nSPS) is 10.1. The van der Waals surface area contributed by atoms with Crippen molar-refractivity contribution in [3.05, 3.63) is 60.3 Å². The van der Waals surface area contributed by atoms with Crippen LogP contribution >= 0.6 is 0 Å². The first-order chi connectivity index (χ1) is 13.6. The molecule has 0 aliphatic rings. The second-order valence-corrected chi connectivity index (χ2v) is 5.65. The van der Waals surface area contributed by atoms with Crippen molar-refractivity contribution in [2.75, 3.05) is 32.0 Å². The predicted octanol–water partition coefficient (Wildman–Crippen LogP) is 3.77. The molecule has 2 N–H and O–H groups in total. The molecule has 0 spiro atoms. The summed E-state index contributed by atoms with van der Waals surface area (Å²) in [6.07, 6.45) is 1.62. The maximum absolute atomic E-state index is 11.7. The molecule has 3 rings (SSSR count). The van der Waals surface area contributed by atoms with E-state index in [1.165, 1.54) is 7.11 Å². The molecule has 1 heterocycles. The second-order valence-electron chi connectivity index (χ2n) is 5.65. The molecule has 0 aliphatic carbocycles. The van der Waals surface area contributed by atoms with Gasteiger partial charge in [-0.1, -0.05) is 6.07 Å². The molecule has 0 aliphatic heterocycles. The maximum atomic E-state index is 11.7. The average Bonchev–Trinajstić information content (AvgIpc) is 2.73. The van der Waals surface area contributed by atoms with Gasteiger partial charge in [0.15, 0.2) is 0 Å². The Morgan fingerprint density at radius 1 is 0.964 bits per heavy atom. The Labute approximate surface area is 162 Å². The molecule has 0 fully saturated rings. The number of nitrogens with one attached hydrogen (secondary N) is 2. The molecule has 0 saturated heterocycles. The summed E-state index contributed by atoms with van der Waals surface area (Å²) >= 11 is 0. The largest absolute Gasteiger partial charge is 0.497 e. The molecular weight excluding hydrogens is 360 g/mol. The molecule has 1 aromatic heterocycles. The van der Waals surface area contributed by atoms with Gasteiger partial charge in [0, 0.05) is 18.0 Å². The Balaban J connectivity index is 1.81. The first-order valence-electron chi connectivity index (χ1n) is 8.40. The van der Waals surface area contributed by atoms with Gasteiger partial charge in [-0.05, 0) is 36.4 Å². The Kier molecular flexibility index (Phi) is 5.91. The number of rotatable bonds is 7. The highest BCUT2D eigenvalue weighted by Crippen LogP contribution is 2.31. The summed E-state index contributed by atoms with van der Waals surface area (Å²) < 4.78 is 15.4. The highest BCUT2D eigenvalue weighted by molar-refractivity contribution is 5.90. The van der Waals surface area contributed by atoms with E-state index in [0.717, 1.165) is 0 Å². The number of methoxy groups -OCH3 is 3. The van der Waals surface area contributed by atoms with Crippen molar-refractivity contribution < 1.29 is 19.0 Å². The van der Waals surface area contributed by atoms with Gasteiger partial charge < -0.3 is 24.8 Å². The Bertz CT molecular complexity index is 978. The first-order valence-corrected chi connectivity index (χ1v) is 8.40. The van der Waals surface area contributed by atoms with Crippen molar-refractivity contribution in [3.63, 3.8) is 0 Å². The van der Waals surface area contributed by atoms with E-state index >= 15 is 0 Å². The molecule has 0 radical (unpaired) electrons. The fourth-order valence-electron chi connectivity index (χ4n) is 2.51. The minimum Gasteiger partial charge on any atom is -0.497 e. The van der Waals surface area contributed by atoms with Crippen molar-refractivity contribution in [1.29, 1.82) is 0 Å². The molecule has 144 valence electrons. The number of benzene rings is 2. The van der Waals surface area contributed by atoms with Crippen LogP contribution in [0.2, 0.25) is 0 Å². The van der Waals surface area contributed by atoms with E-state index < -0.39 is 5.97 Å². The van der Waals surface area contributed by atoms with E-state index in [0.29, 0.717) is 40.2 Å². The monoisotopic (exact) mass is 380 g/mol. The molecule has 0 atom stereocenters. The molecule has 28 heavy (non-hydrogen) atoms. The molecule has 8 nitrogen and oxygen atoms in total. The van der Waals surface area contributed by atoms with Gasteiger partial charge in [0.25, 0.3) is 0 Å². The number of hydrogen-bond donors (Lipinski definition) is 2. The molecule has 0 saturated carbocycles. The van der Waals surface area contributed by atoms with Crippen LogP contribution in [0.1, 0.15) is 10.4 Å². The van der Waals surface area contributed by atoms with Crippen LogP contribution in [-0.4, -0.2) is 37.3 Å². The van der Waals surface area contributed by atoms with Gasteiger partial charge >= 0.3 is 5.97 Å². The highest BCUT2D eigenvalue weighted by atomic mass is 16.5. The van der Waals surface area contributed by atoms with Gasteiger partial charge in [-0.25, -0.2) is 9.78 Å². The Morgan fingerprint density at radius 2 is 1.82 bits per heavy atom. The van der Waals surface area contributed by atoms with Crippen molar-refractivity contribution in [2.45, 2.75) is 0 Å². The minimum atomic E-state index is -0.412. The van der Waals surface area contributed by atoms with E-state index in [1.54, 1.807) is 56.8 Å². The van der Waals surface area contributed by atoms with E-state index in [1.807, 2.05) is 12.1 Å². The zero-order valence-corrected chi connectivity index (χ0v) is 15.7. The summed E-state index contributed by atoms with van der Waals surface area (Å²) in [4.78, 5) is 20.3. The predicted molar refractivity (Wildman–Crippen MR) is 106 cm³/mol. The van der Waals surface area contributed by atoms with Gasteiger partial charge in [-0.3, -0.25) is 0 Å². The van der Waals surface area contributed by atoms with E-state index in [-0.39, 0.29) is 0 Å². The molecule has 3 aromatic rings.